The number of imide groups is 1. The molecule has 130 valence electrons. The van der Waals surface area contributed by atoms with Gasteiger partial charge in [-0.3, -0.25) is 9.69 Å². The van der Waals surface area contributed by atoms with Crippen LogP contribution in [0.3, 0.4) is 0 Å². The lowest BCUT2D eigenvalue weighted by Gasteiger charge is -2.22. The maximum absolute atomic E-state index is 12.5. The van der Waals surface area contributed by atoms with Crippen molar-refractivity contribution < 1.29 is 24.2 Å². The highest BCUT2D eigenvalue weighted by Gasteiger charge is 2.56. The predicted molar refractivity (Wildman–Crippen MR) is 85.9 cm³/mol. The van der Waals surface area contributed by atoms with Crippen LogP contribution in [0.1, 0.15) is 19.8 Å². The fraction of sp³-hybridized carbons (Fsp3) is 0.529. The van der Waals surface area contributed by atoms with E-state index in [0.29, 0.717) is 11.5 Å². The maximum atomic E-state index is 12.5. The molecule has 1 aliphatic carbocycles. The summed E-state index contributed by atoms with van der Waals surface area (Å²) in [4.78, 5) is 25.6. The van der Waals surface area contributed by atoms with Crippen molar-refractivity contribution in [3.63, 3.8) is 0 Å². The second kappa shape index (κ2) is 6.32. The molecule has 3 amide bonds. The van der Waals surface area contributed by atoms with Crippen LogP contribution in [0.15, 0.2) is 24.3 Å². The fourth-order valence-electron chi connectivity index (χ4n) is 2.95. The molecule has 1 saturated heterocycles. The number of benzene rings is 1. The van der Waals surface area contributed by atoms with Gasteiger partial charge in [-0.15, -0.1) is 0 Å². The lowest BCUT2D eigenvalue weighted by Crippen LogP contribution is -2.46. The van der Waals surface area contributed by atoms with Crippen molar-refractivity contribution in [1.82, 2.24) is 10.2 Å². The molecule has 0 unspecified atom stereocenters. The standard InChI is InChI=1S/C17H22N2O5/c1-17(11-3-4-11)15(21)19(16(22)18-17)9-12(20)10-24-14-7-5-13(23-2)6-8-14/h5-8,11-12,20H,3-4,9-10H2,1-2H3,(H,18,22)/t12-,17-/m0/s1. The number of hydrogen-bond acceptors (Lipinski definition) is 5. The van der Waals surface area contributed by atoms with Gasteiger partial charge in [-0.2, -0.15) is 0 Å². The first-order valence-electron chi connectivity index (χ1n) is 8.03. The summed E-state index contributed by atoms with van der Waals surface area (Å²) in [6.07, 6.45) is 0.933. The minimum Gasteiger partial charge on any atom is -0.497 e. The third-order valence-electron chi connectivity index (χ3n) is 4.59. The molecule has 1 heterocycles. The Bertz CT molecular complexity index is 628. The molecule has 24 heavy (non-hydrogen) atoms. The second-order valence-electron chi connectivity index (χ2n) is 6.46. The topological polar surface area (TPSA) is 88.1 Å². The lowest BCUT2D eigenvalue weighted by molar-refractivity contribution is -0.132. The Morgan fingerprint density at radius 2 is 1.92 bits per heavy atom. The van der Waals surface area contributed by atoms with Crippen molar-refractivity contribution in [2.75, 3.05) is 20.3 Å². The van der Waals surface area contributed by atoms with Crippen LogP contribution >= 0.6 is 0 Å². The van der Waals surface area contributed by atoms with Gasteiger partial charge in [0, 0.05) is 0 Å². The van der Waals surface area contributed by atoms with Crippen LogP contribution < -0.4 is 14.8 Å². The number of aliphatic hydroxyl groups excluding tert-OH is 1. The molecule has 1 saturated carbocycles. The normalized spacial score (nSPS) is 24.7. The highest BCUT2D eigenvalue weighted by atomic mass is 16.5. The number of methoxy groups -OCH3 is 1. The predicted octanol–water partition coefficient (Wildman–Crippen LogP) is 1.16. The number of amides is 3. The van der Waals surface area contributed by atoms with E-state index in [9.17, 15) is 14.7 Å². The van der Waals surface area contributed by atoms with Crippen molar-refractivity contribution in [3.8, 4) is 11.5 Å². The zero-order chi connectivity index (χ0) is 17.3. The van der Waals surface area contributed by atoms with E-state index in [4.69, 9.17) is 9.47 Å². The number of urea groups is 1. The molecule has 2 fully saturated rings. The van der Waals surface area contributed by atoms with E-state index >= 15 is 0 Å². The van der Waals surface area contributed by atoms with Gasteiger partial charge in [-0.1, -0.05) is 0 Å². The first-order chi connectivity index (χ1) is 11.4. The average Bonchev–Trinajstić information content (AvgIpc) is 3.40. The van der Waals surface area contributed by atoms with E-state index in [1.807, 2.05) is 0 Å². The van der Waals surface area contributed by atoms with Crippen LogP contribution in [-0.4, -0.2) is 53.8 Å². The zero-order valence-corrected chi connectivity index (χ0v) is 13.8. The van der Waals surface area contributed by atoms with Crippen LogP contribution in [0.5, 0.6) is 11.5 Å². The Balaban J connectivity index is 1.53. The van der Waals surface area contributed by atoms with Crippen molar-refractivity contribution in [2.24, 2.45) is 5.92 Å². The highest BCUT2D eigenvalue weighted by molar-refractivity contribution is 6.07. The Morgan fingerprint density at radius 1 is 1.29 bits per heavy atom. The highest BCUT2D eigenvalue weighted by Crippen LogP contribution is 2.42. The number of rotatable bonds is 7. The Labute approximate surface area is 140 Å². The van der Waals surface area contributed by atoms with Gasteiger partial charge >= 0.3 is 6.03 Å². The third kappa shape index (κ3) is 3.17. The van der Waals surface area contributed by atoms with Crippen LogP contribution in [0.4, 0.5) is 4.79 Å². The molecule has 1 aromatic rings. The van der Waals surface area contributed by atoms with Gasteiger partial charge in [0.15, 0.2) is 0 Å². The minimum atomic E-state index is -0.955. The number of hydrogen-bond donors (Lipinski definition) is 2. The quantitative estimate of drug-likeness (QED) is 0.731. The molecule has 7 nitrogen and oxygen atoms in total. The SMILES string of the molecule is COc1ccc(OC[C@@H](O)CN2C(=O)N[C@@](C)(C3CC3)C2=O)cc1. The molecule has 0 aromatic heterocycles. The van der Waals surface area contributed by atoms with Gasteiger partial charge in [-0.25, -0.2) is 4.79 Å². The molecule has 0 bridgehead atoms. The van der Waals surface area contributed by atoms with Crippen molar-refractivity contribution in [1.29, 1.82) is 0 Å². The van der Waals surface area contributed by atoms with Crippen LogP contribution in [0.2, 0.25) is 0 Å². The molecule has 2 N–H and O–H groups in total. The van der Waals surface area contributed by atoms with Gasteiger partial charge in [0.25, 0.3) is 5.91 Å². The monoisotopic (exact) mass is 334 g/mol. The van der Waals surface area contributed by atoms with Gasteiger partial charge < -0.3 is 19.9 Å². The summed E-state index contributed by atoms with van der Waals surface area (Å²) in [5.74, 6) is 1.22. The molecule has 2 aliphatic rings. The number of β-amino-alcohol motifs (C(OH)–C–C–N with tert-alkyl or cyclic N) is 1. The first-order valence-corrected chi connectivity index (χ1v) is 8.03. The van der Waals surface area contributed by atoms with E-state index in [2.05, 4.69) is 5.32 Å². The summed E-state index contributed by atoms with van der Waals surface area (Å²) >= 11 is 0. The largest absolute Gasteiger partial charge is 0.497 e. The van der Waals surface area contributed by atoms with Crippen molar-refractivity contribution in [2.45, 2.75) is 31.4 Å². The van der Waals surface area contributed by atoms with E-state index in [1.54, 1.807) is 38.3 Å². The van der Waals surface area contributed by atoms with Crippen molar-refractivity contribution >= 4 is 11.9 Å². The summed E-state index contributed by atoms with van der Waals surface area (Å²) < 4.78 is 10.5. The number of ether oxygens (including phenoxy) is 2. The summed E-state index contributed by atoms with van der Waals surface area (Å²) in [6.45, 7) is 1.66. The molecule has 2 atom stereocenters. The molecule has 7 heteroatoms. The Kier molecular flexibility index (Phi) is 4.36. The number of nitrogens with zero attached hydrogens (tertiary/aromatic N) is 1. The number of carbonyl (C=O) groups is 2. The second-order valence-corrected chi connectivity index (χ2v) is 6.46. The summed E-state index contributed by atoms with van der Waals surface area (Å²) in [6, 6.07) is 6.51. The first kappa shape index (κ1) is 16.6. The fourth-order valence-corrected chi connectivity index (χ4v) is 2.95. The molecular weight excluding hydrogens is 312 g/mol. The van der Waals surface area contributed by atoms with E-state index in [1.165, 1.54) is 0 Å². The summed E-state index contributed by atoms with van der Waals surface area (Å²) in [5, 5.41) is 12.9. The summed E-state index contributed by atoms with van der Waals surface area (Å²) in [5.41, 5.74) is -0.826. The smallest absolute Gasteiger partial charge is 0.325 e. The van der Waals surface area contributed by atoms with E-state index < -0.39 is 17.7 Å². The van der Waals surface area contributed by atoms with Crippen LogP contribution in [-0.2, 0) is 4.79 Å². The summed E-state index contributed by atoms with van der Waals surface area (Å²) in [7, 11) is 1.58. The van der Waals surface area contributed by atoms with Crippen LogP contribution in [0, 0.1) is 5.92 Å². The maximum Gasteiger partial charge on any atom is 0.325 e. The molecule has 0 radical (unpaired) electrons. The van der Waals surface area contributed by atoms with Gasteiger partial charge in [0.1, 0.15) is 29.7 Å². The molecule has 1 aromatic carbocycles. The van der Waals surface area contributed by atoms with Gasteiger partial charge in [0.2, 0.25) is 0 Å². The number of aliphatic hydroxyl groups is 1. The van der Waals surface area contributed by atoms with Crippen molar-refractivity contribution in [3.05, 3.63) is 24.3 Å². The minimum absolute atomic E-state index is 0.0104. The van der Waals surface area contributed by atoms with E-state index in [-0.39, 0.29) is 25.0 Å². The Hall–Kier alpha value is -2.28. The van der Waals surface area contributed by atoms with Gasteiger partial charge in [0.05, 0.1) is 13.7 Å². The lowest BCUT2D eigenvalue weighted by atomic mass is 9.96. The molecular formula is C17H22N2O5. The zero-order valence-electron chi connectivity index (χ0n) is 13.8. The number of nitrogens with one attached hydrogen (secondary N) is 1. The Morgan fingerprint density at radius 3 is 2.50 bits per heavy atom. The molecule has 1 aliphatic heterocycles. The third-order valence-corrected chi connectivity index (χ3v) is 4.59. The average molecular weight is 334 g/mol. The molecule has 3 rings (SSSR count). The van der Waals surface area contributed by atoms with Crippen LogP contribution in [0.25, 0.3) is 0 Å². The molecule has 0 spiro atoms. The number of carbonyl (C=O) groups excluding carboxylic acids is 2. The van der Waals surface area contributed by atoms with E-state index in [0.717, 1.165) is 17.7 Å². The van der Waals surface area contributed by atoms with Gasteiger partial charge in [-0.05, 0) is 49.9 Å².